The van der Waals surface area contributed by atoms with Crippen LogP contribution in [0.15, 0.2) is 27.8 Å². The van der Waals surface area contributed by atoms with Gasteiger partial charge >= 0.3 is 11.7 Å². The molecule has 0 bridgehead atoms. The van der Waals surface area contributed by atoms with E-state index in [1.165, 1.54) is 17.7 Å². The van der Waals surface area contributed by atoms with Crippen LogP contribution in [0.2, 0.25) is 5.02 Å². The number of hydrogen-bond acceptors (Lipinski definition) is 4. The van der Waals surface area contributed by atoms with E-state index in [1.807, 2.05) is 0 Å². The van der Waals surface area contributed by atoms with Gasteiger partial charge in [0.2, 0.25) is 0 Å². The molecule has 0 saturated carbocycles. The number of esters is 1. The summed E-state index contributed by atoms with van der Waals surface area (Å²) in [7, 11) is 1.48. The number of ether oxygens (including phenoxy) is 1. The highest BCUT2D eigenvalue weighted by Gasteiger charge is 2.20. The molecule has 0 saturated heterocycles. The summed E-state index contributed by atoms with van der Waals surface area (Å²) in [5.41, 5.74) is -1.37. The first-order valence-corrected chi connectivity index (χ1v) is 8.07. The number of rotatable bonds is 4. The average molecular weight is 369 g/mol. The highest BCUT2D eigenvalue weighted by molar-refractivity contribution is 6.33. The quantitative estimate of drug-likeness (QED) is 0.777. The topological polar surface area (TPSA) is 70.3 Å². The summed E-state index contributed by atoms with van der Waals surface area (Å²) in [6.45, 7) is 5.10. The zero-order valence-corrected chi connectivity index (χ0v) is 15.1. The molecule has 25 heavy (non-hydrogen) atoms. The van der Waals surface area contributed by atoms with Crippen molar-refractivity contribution in [2.24, 2.45) is 7.05 Å². The third-order valence-electron chi connectivity index (χ3n) is 3.62. The molecule has 0 fully saturated rings. The van der Waals surface area contributed by atoms with E-state index in [0.29, 0.717) is 16.7 Å². The molecule has 0 atom stereocenters. The van der Waals surface area contributed by atoms with Gasteiger partial charge in [-0.1, -0.05) is 18.5 Å². The summed E-state index contributed by atoms with van der Waals surface area (Å²) in [4.78, 5) is 36.9. The molecular formula is C17H18ClFN2O4. The third-order valence-corrected chi connectivity index (χ3v) is 3.93. The van der Waals surface area contributed by atoms with E-state index in [9.17, 15) is 18.8 Å². The van der Waals surface area contributed by atoms with Crippen molar-refractivity contribution in [3.63, 3.8) is 0 Å². The van der Waals surface area contributed by atoms with Gasteiger partial charge in [0.05, 0.1) is 22.4 Å². The number of benzene rings is 1. The van der Waals surface area contributed by atoms with Gasteiger partial charge in [0, 0.05) is 18.8 Å². The molecule has 0 aliphatic carbocycles. The molecule has 0 radical (unpaired) electrons. The SMILES string of the molecule is CCc1cc(=O)n(-c2cc(C(=O)OC(C)C)c(Cl)cc2F)c(=O)n1C. The molecule has 0 aliphatic heterocycles. The number of halogens is 2. The third kappa shape index (κ3) is 3.66. The zero-order chi connectivity index (χ0) is 18.9. The highest BCUT2D eigenvalue weighted by Crippen LogP contribution is 2.23. The van der Waals surface area contributed by atoms with Crippen LogP contribution in [-0.2, 0) is 18.2 Å². The molecule has 1 heterocycles. The lowest BCUT2D eigenvalue weighted by atomic mass is 10.2. The average Bonchev–Trinajstić information content (AvgIpc) is 2.52. The van der Waals surface area contributed by atoms with Crippen LogP contribution in [-0.4, -0.2) is 21.2 Å². The Morgan fingerprint density at radius 3 is 2.48 bits per heavy atom. The van der Waals surface area contributed by atoms with Crippen LogP contribution in [0.5, 0.6) is 0 Å². The minimum absolute atomic E-state index is 0.125. The minimum atomic E-state index is -0.894. The Bertz CT molecular complexity index is 947. The van der Waals surface area contributed by atoms with E-state index in [4.69, 9.17) is 16.3 Å². The summed E-state index contributed by atoms with van der Waals surface area (Å²) >= 11 is 5.91. The van der Waals surface area contributed by atoms with Crippen molar-refractivity contribution in [1.82, 2.24) is 9.13 Å². The molecule has 0 spiro atoms. The second-order valence-electron chi connectivity index (χ2n) is 5.74. The van der Waals surface area contributed by atoms with Crippen LogP contribution in [0.3, 0.4) is 0 Å². The van der Waals surface area contributed by atoms with Gasteiger partial charge in [0.1, 0.15) is 5.82 Å². The van der Waals surface area contributed by atoms with Crippen LogP contribution in [0.4, 0.5) is 4.39 Å². The Kier molecular flexibility index (Phi) is 5.47. The van der Waals surface area contributed by atoms with E-state index in [0.717, 1.165) is 12.1 Å². The molecule has 0 amide bonds. The Balaban J connectivity index is 2.73. The lowest BCUT2D eigenvalue weighted by Crippen LogP contribution is -2.39. The predicted octanol–water partition coefficient (Wildman–Crippen LogP) is 2.46. The van der Waals surface area contributed by atoms with Crippen LogP contribution in [0.25, 0.3) is 5.69 Å². The van der Waals surface area contributed by atoms with Crippen molar-refractivity contribution in [2.45, 2.75) is 33.3 Å². The lowest BCUT2D eigenvalue weighted by Gasteiger charge is -2.14. The maximum Gasteiger partial charge on any atom is 0.339 e. The number of hydrogen-bond donors (Lipinski definition) is 0. The molecule has 8 heteroatoms. The maximum atomic E-state index is 14.4. The Labute approximate surface area is 148 Å². The Hall–Kier alpha value is -2.41. The summed E-state index contributed by atoms with van der Waals surface area (Å²) in [5, 5.41) is -0.165. The second kappa shape index (κ2) is 7.23. The van der Waals surface area contributed by atoms with Gasteiger partial charge < -0.3 is 9.30 Å². The molecule has 2 rings (SSSR count). The number of aryl methyl sites for hydroxylation is 1. The van der Waals surface area contributed by atoms with E-state index in [-0.39, 0.29) is 16.3 Å². The standard InChI is InChI=1S/C17H18ClFN2O4/c1-5-10-6-15(22)21(17(24)20(10)4)14-7-11(12(18)8-13(14)19)16(23)25-9(2)3/h6-9H,5H2,1-4H3. The Morgan fingerprint density at radius 2 is 1.92 bits per heavy atom. The first-order chi connectivity index (χ1) is 11.7. The highest BCUT2D eigenvalue weighted by atomic mass is 35.5. The van der Waals surface area contributed by atoms with Crippen molar-refractivity contribution >= 4 is 17.6 Å². The van der Waals surface area contributed by atoms with E-state index < -0.39 is 29.1 Å². The molecule has 134 valence electrons. The second-order valence-corrected chi connectivity index (χ2v) is 6.15. The van der Waals surface area contributed by atoms with Crippen LogP contribution in [0.1, 0.15) is 36.8 Å². The fourth-order valence-corrected chi connectivity index (χ4v) is 2.60. The van der Waals surface area contributed by atoms with Gasteiger partial charge in [-0.3, -0.25) is 4.79 Å². The number of aromatic nitrogens is 2. The van der Waals surface area contributed by atoms with Crippen molar-refractivity contribution < 1.29 is 13.9 Å². The summed E-state index contributed by atoms with van der Waals surface area (Å²) in [6, 6.07) is 3.19. The maximum absolute atomic E-state index is 14.4. The molecule has 0 unspecified atom stereocenters. The van der Waals surface area contributed by atoms with Gasteiger partial charge in [-0.25, -0.2) is 18.5 Å². The fourth-order valence-electron chi connectivity index (χ4n) is 2.37. The summed E-state index contributed by atoms with van der Waals surface area (Å²) < 4.78 is 21.3. The van der Waals surface area contributed by atoms with Crippen molar-refractivity contribution in [3.05, 3.63) is 61.1 Å². The van der Waals surface area contributed by atoms with Crippen LogP contribution < -0.4 is 11.2 Å². The molecule has 0 aliphatic rings. The van der Waals surface area contributed by atoms with Gasteiger partial charge in [0.15, 0.2) is 0 Å². The van der Waals surface area contributed by atoms with Gasteiger partial charge in [-0.05, 0) is 32.4 Å². The summed E-state index contributed by atoms with van der Waals surface area (Å²) in [5.74, 6) is -1.66. The van der Waals surface area contributed by atoms with Crippen LogP contribution in [0, 0.1) is 5.82 Å². The van der Waals surface area contributed by atoms with Crippen LogP contribution >= 0.6 is 11.6 Å². The Morgan fingerprint density at radius 1 is 1.28 bits per heavy atom. The first-order valence-electron chi connectivity index (χ1n) is 7.69. The van der Waals surface area contributed by atoms with Crippen molar-refractivity contribution in [2.75, 3.05) is 0 Å². The first kappa shape index (κ1) is 18.9. The molecular weight excluding hydrogens is 351 g/mol. The van der Waals surface area contributed by atoms with E-state index >= 15 is 0 Å². The molecule has 2 aromatic rings. The van der Waals surface area contributed by atoms with Gasteiger partial charge in [-0.2, -0.15) is 0 Å². The predicted molar refractivity (Wildman–Crippen MR) is 92.2 cm³/mol. The van der Waals surface area contributed by atoms with Crippen molar-refractivity contribution in [3.8, 4) is 5.69 Å². The smallest absolute Gasteiger partial charge is 0.339 e. The largest absolute Gasteiger partial charge is 0.459 e. The fraction of sp³-hybridized carbons (Fsp3) is 0.353. The lowest BCUT2D eigenvalue weighted by molar-refractivity contribution is 0.0378. The zero-order valence-electron chi connectivity index (χ0n) is 14.3. The molecule has 6 nitrogen and oxygen atoms in total. The number of carbonyl (C=O) groups is 1. The van der Waals surface area contributed by atoms with E-state index in [1.54, 1.807) is 20.8 Å². The van der Waals surface area contributed by atoms with Crippen molar-refractivity contribution in [1.29, 1.82) is 0 Å². The minimum Gasteiger partial charge on any atom is -0.459 e. The molecule has 0 N–H and O–H groups in total. The monoisotopic (exact) mass is 368 g/mol. The van der Waals surface area contributed by atoms with E-state index in [2.05, 4.69) is 0 Å². The number of carbonyl (C=O) groups excluding carboxylic acids is 1. The molecule has 1 aromatic carbocycles. The van der Waals surface area contributed by atoms with Gasteiger partial charge in [0.25, 0.3) is 5.56 Å². The normalized spacial score (nSPS) is 11.0. The summed E-state index contributed by atoms with van der Waals surface area (Å²) in [6.07, 6.45) is 0.0631. The molecule has 1 aromatic heterocycles. The van der Waals surface area contributed by atoms with Gasteiger partial charge in [-0.15, -0.1) is 0 Å². The number of nitrogens with zero attached hydrogens (tertiary/aromatic N) is 2.